The summed E-state index contributed by atoms with van der Waals surface area (Å²) < 4.78 is 5.25. The van der Waals surface area contributed by atoms with Crippen molar-refractivity contribution in [2.75, 3.05) is 20.2 Å². The first-order valence-electron chi connectivity index (χ1n) is 9.40. The van der Waals surface area contributed by atoms with E-state index in [0.29, 0.717) is 36.7 Å². The molecule has 2 aromatic rings. The Balaban J connectivity index is 1.53. The van der Waals surface area contributed by atoms with Crippen molar-refractivity contribution in [3.63, 3.8) is 0 Å². The molecule has 3 rings (SSSR count). The zero-order valence-electron chi connectivity index (χ0n) is 15.7. The van der Waals surface area contributed by atoms with Crippen LogP contribution in [0.25, 0.3) is 0 Å². The molecular weight excluding hydrogens is 340 g/mol. The molecule has 1 atom stereocenters. The maximum atomic E-state index is 12.5. The van der Waals surface area contributed by atoms with Crippen LogP contribution in [0.3, 0.4) is 0 Å². The molecule has 1 unspecified atom stereocenters. The summed E-state index contributed by atoms with van der Waals surface area (Å²) in [5, 5.41) is 3.00. The van der Waals surface area contributed by atoms with E-state index in [1.807, 2.05) is 47.4 Å². The smallest absolute Gasteiger partial charge is 0.255 e. The van der Waals surface area contributed by atoms with Gasteiger partial charge in [-0.2, -0.15) is 0 Å². The van der Waals surface area contributed by atoms with E-state index < -0.39 is 0 Å². The number of rotatable bonds is 6. The third-order valence-electron chi connectivity index (χ3n) is 5.05. The number of para-hydroxylation sites is 1. The van der Waals surface area contributed by atoms with Gasteiger partial charge in [0.25, 0.3) is 5.91 Å². The molecule has 2 amide bonds. The van der Waals surface area contributed by atoms with Gasteiger partial charge >= 0.3 is 0 Å². The van der Waals surface area contributed by atoms with Crippen LogP contribution in [-0.2, 0) is 11.3 Å². The quantitative estimate of drug-likeness (QED) is 0.854. The van der Waals surface area contributed by atoms with Crippen LogP contribution in [0.5, 0.6) is 5.75 Å². The lowest BCUT2D eigenvalue weighted by atomic mass is 10.0. The zero-order valence-corrected chi connectivity index (χ0v) is 15.7. The van der Waals surface area contributed by atoms with Gasteiger partial charge in [0.15, 0.2) is 0 Å². The first kappa shape index (κ1) is 19.0. The number of benzene rings is 2. The standard InChI is InChI=1S/C22H26N2O3/c1-27-20-10-6-5-9-19(20)22(26)23-15-17-11-12-21(25)24(14-13-17)16-18-7-3-2-4-8-18/h2-10,17H,11-16H2,1H3,(H,23,26). The van der Waals surface area contributed by atoms with Gasteiger partial charge in [-0.1, -0.05) is 42.5 Å². The van der Waals surface area contributed by atoms with E-state index in [1.54, 1.807) is 19.2 Å². The third-order valence-corrected chi connectivity index (χ3v) is 5.05. The molecule has 1 fully saturated rings. The molecule has 142 valence electrons. The van der Waals surface area contributed by atoms with Crippen LogP contribution in [-0.4, -0.2) is 36.9 Å². The van der Waals surface area contributed by atoms with Crippen LogP contribution in [0.4, 0.5) is 0 Å². The summed E-state index contributed by atoms with van der Waals surface area (Å²) in [5.41, 5.74) is 1.68. The van der Waals surface area contributed by atoms with E-state index >= 15 is 0 Å². The molecule has 27 heavy (non-hydrogen) atoms. The summed E-state index contributed by atoms with van der Waals surface area (Å²) in [6, 6.07) is 17.3. The molecule has 1 aliphatic heterocycles. The molecule has 1 saturated heterocycles. The maximum Gasteiger partial charge on any atom is 0.255 e. The highest BCUT2D eigenvalue weighted by Gasteiger charge is 2.23. The monoisotopic (exact) mass is 366 g/mol. The molecule has 5 nitrogen and oxygen atoms in total. The Morgan fingerprint density at radius 1 is 1.11 bits per heavy atom. The first-order chi connectivity index (χ1) is 13.2. The summed E-state index contributed by atoms with van der Waals surface area (Å²) in [6.45, 7) is 1.95. The highest BCUT2D eigenvalue weighted by molar-refractivity contribution is 5.96. The van der Waals surface area contributed by atoms with Crippen LogP contribution in [0, 0.1) is 5.92 Å². The van der Waals surface area contributed by atoms with Crippen molar-refractivity contribution >= 4 is 11.8 Å². The van der Waals surface area contributed by atoms with Crippen molar-refractivity contribution in [1.82, 2.24) is 10.2 Å². The molecule has 1 N–H and O–H groups in total. The van der Waals surface area contributed by atoms with Gasteiger partial charge in [0.05, 0.1) is 12.7 Å². The minimum Gasteiger partial charge on any atom is -0.496 e. The Morgan fingerprint density at radius 3 is 2.63 bits per heavy atom. The number of carbonyl (C=O) groups is 2. The minimum absolute atomic E-state index is 0.135. The fourth-order valence-corrected chi connectivity index (χ4v) is 3.43. The zero-order chi connectivity index (χ0) is 19.1. The number of methoxy groups -OCH3 is 1. The van der Waals surface area contributed by atoms with Gasteiger partial charge in [-0.05, 0) is 36.5 Å². The molecule has 1 heterocycles. The Morgan fingerprint density at radius 2 is 1.85 bits per heavy atom. The third kappa shape index (κ3) is 5.09. The second-order valence-corrected chi connectivity index (χ2v) is 6.90. The van der Waals surface area contributed by atoms with Crippen LogP contribution in [0.1, 0.15) is 35.2 Å². The van der Waals surface area contributed by atoms with Crippen LogP contribution < -0.4 is 10.1 Å². The van der Waals surface area contributed by atoms with Gasteiger partial charge in [0, 0.05) is 26.1 Å². The lowest BCUT2D eigenvalue weighted by molar-refractivity contribution is -0.131. The normalized spacial score (nSPS) is 17.3. The van der Waals surface area contributed by atoms with E-state index in [0.717, 1.165) is 24.9 Å². The number of ether oxygens (including phenoxy) is 1. The molecule has 2 aromatic carbocycles. The predicted octanol–water partition coefficient (Wildman–Crippen LogP) is 3.25. The molecular formula is C22H26N2O3. The number of amides is 2. The van der Waals surface area contributed by atoms with Gasteiger partial charge in [-0.15, -0.1) is 0 Å². The number of hydrogen-bond acceptors (Lipinski definition) is 3. The SMILES string of the molecule is COc1ccccc1C(=O)NCC1CCC(=O)N(Cc2ccccc2)CC1. The Kier molecular flexibility index (Phi) is 6.47. The molecule has 0 saturated carbocycles. The van der Waals surface area contributed by atoms with Crippen molar-refractivity contribution in [2.24, 2.45) is 5.92 Å². The average Bonchev–Trinajstić information content (AvgIpc) is 2.88. The summed E-state index contributed by atoms with van der Waals surface area (Å²) in [6.07, 6.45) is 2.23. The van der Waals surface area contributed by atoms with Crippen molar-refractivity contribution < 1.29 is 14.3 Å². The first-order valence-corrected chi connectivity index (χ1v) is 9.40. The Labute approximate surface area is 160 Å². The van der Waals surface area contributed by atoms with E-state index in [9.17, 15) is 9.59 Å². The minimum atomic E-state index is -0.135. The van der Waals surface area contributed by atoms with Gasteiger partial charge in [0.2, 0.25) is 5.91 Å². The number of carbonyl (C=O) groups excluding carboxylic acids is 2. The highest BCUT2D eigenvalue weighted by atomic mass is 16.5. The predicted molar refractivity (Wildman–Crippen MR) is 105 cm³/mol. The number of nitrogens with zero attached hydrogens (tertiary/aromatic N) is 1. The van der Waals surface area contributed by atoms with Gasteiger partial charge < -0.3 is 15.0 Å². The number of hydrogen-bond donors (Lipinski definition) is 1. The summed E-state index contributed by atoms with van der Waals surface area (Å²) in [7, 11) is 1.56. The maximum absolute atomic E-state index is 12.5. The lowest BCUT2D eigenvalue weighted by Gasteiger charge is -2.21. The second kappa shape index (κ2) is 9.21. The van der Waals surface area contributed by atoms with Gasteiger partial charge in [-0.3, -0.25) is 9.59 Å². The molecule has 0 aliphatic carbocycles. The summed E-state index contributed by atoms with van der Waals surface area (Å²) in [5.74, 6) is 0.926. The summed E-state index contributed by atoms with van der Waals surface area (Å²) >= 11 is 0. The van der Waals surface area contributed by atoms with E-state index in [1.165, 1.54) is 0 Å². The Hall–Kier alpha value is -2.82. The number of likely N-dealkylation sites (tertiary alicyclic amines) is 1. The number of nitrogens with one attached hydrogen (secondary N) is 1. The lowest BCUT2D eigenvalue weighted by Crippen LogP contribution is -2.31. The van der Waals surface area contributed by atoms with Gasteiger partial charge in [-0.25, -0.2) is 0 Å². The summed E-state index contributed by atoms with van der Waals surface area (Å²) in [4.78, 5) is 26.8. The molecule has 1 aliphatic rings. The van der Waals surface area contributed by atoms with Gasteiger partial charge in [0.1, 0.15) is 5.75 Å². The van der Waals surface area contributed by atoms with E-state index in [-0.39, 0.29) is 11.8 Å². The van der Waals surface area contributed by atoms with E-state index in [2.05, 4.69) is 5.32 Å². The average molecular weight is 366 g/mol. The molecule has 0 aromatic heterocycles. The molecule has 5 heteroatoms. The molecule has 0 spiro atoms. The van der Waals surface area contributed by atoms with Crippen LogP contribution in [0.15, 0.2) is 54.6 Å². The molecule has 0 radical (unpaired) electrons. The van der Waals surface area contributed by atoms with Crippen molar-refractivity contribution in [3.8, 4) is 5.75 Å². The fourth-order valence-electron chi connectivity index (χ4n) is 3.43. The Bertz CT molecular complexity index is 776. The van der Waals surface area contributed by atoms with Crippen molar-refractivity contribution in [1.29, 1.82) is 0 Å². The molecule has 0 bridgehead atoms. The fraction of sp³-hybridized carbons (Fsp3) is 0.364. The highest BCUT2D eigenvalue weighted by Crippen LogP contribution is 2.21. The topological polar surface area (TPSA) is 58.6 Å². The van der Waals surface area contributed by atoms with Crippen LogP contribution >= 0.6 is 0 Å². The van der Waals surface area contributed by atoms with E-state index in [4.69, 9.17) is 4.74 Å². The van der Waals surface area contributed by atoms with Crippen molar-refractivity contribution in [2.45, 2.75) is 25.8 Å². The van der Waals surface area contributed by atoms with Crippen LogP contribution in [0.2, 0.25) is 0 Å². The largest absolute Gasteiger partial charge is 0.496 e. The van der Waals surface area contributed by atoms with Crippen molar-refractivity contribution in [3.05, 3.63) is 65.7 Å². The second-order valence-electron chi connectivity index (χ2n) is 6.90.